The second-order valence-corrected chi connectivity index (χ2v) is 5.27. The summed E-state index contributed by atoms with van der Waals surface area (Å²) in [5.74, 6) is 0.817. The normalized spacial score (nSPS) is 28.8. The molecule has 1 heterocycles. The maximum absolute atomic E-state index is 5.81. The monoisotopic (exact) mass is 288 g/mol. The third-order valence-electron chi connectivity index (χ3n) is 2.66. The van der Waals surface area contributed by atoms with Gasteiger partial charge in [-0.25, -0.2) is 0 Å². The van der Waals surface area contributed by atoms with E-state index in [-0.39, 0.29) is 12.2 Å². The van der Waals surface area contributed by atoms with Crippen LogP contribution < -0.4 is 4.74 Å². The number of aryl methyl sites for hydroxylation is 1. The van der Waals surface area contributed by atoms with E-state index in [1.54, 1.807) is 10.9 Å². The molecule has 0 aromatic carbocycles. The third-order valence-corrected chi connectivity index (χ3v) is 3.56. The highest BCUT2D eigenvalue weighted by Gasteiger charge is 2.42. The predicted molar refractivity (Wildman–Crippen MR) is 65.0 cm³/mol. The Labute approximate surface area is 104 Å². The number of hydrogen-bond donors (Lipinski definition) is 0. The summed E-state index contributed by atoms with van der Waals surface area (Å²) in [7, 11) is 1.88. The summed E-state index contributed by atoms with van der Waals surface area (Å²) in [6.45, 7) is 2.90. The maximum atomic E-state index is 5.81. The van der Waals surface area contributed by atoms with Crippen LogP contribution in [0.15, 0.2) is 12.4 Å². The first kappa shape index (κ1) is 11.9. The van der Waals surface area contributed by atoms with Gasteiger partial charge in [0, 0.05) is 24.9 Å². The molecule has 0 saturated heterocycles. The highest BCUT2D eigenvalue weighted by molar-refractivity contribution is 9.09. The van der Waals surface area contributed by atoms with Crippen LogP contribution in [-0.2, 0) is 11.8 Å². The Morgan fingerprint density at radius 1 is 1.62 bits per heavy atom. The molecule has 4 nitrogen and oxygen atoms in total. The van der Waals surface area contributed by atoms with Gasteiger partial charge in [0.2, 0.25) is 0 Å². The molecule has 1 aliphatic rings. The molecule has 0 spiro atoms. The van der Waals surface area contributed by atoms with Gasteiger partial charge in [0.05, 0.1) is 12.4 Å². The van der Waals surface area contributed by atoms with Gasteiger partial charge in [-0.05, 0) is 6.42 Å². The molecule has 0 radical (unpaired) electrons. The molecule has 1 saturated carbocycles. The summed E-state index contributed by atoms with van der Waals surface area (Å²) >= 11 is 3.59. The first-order chi connectivity index (χ1) is 7.70. The quantitative estimate of drug-likeness (QED) is 0.779. The van der Waals surface area contributed by atoms with Crippen molar-refractivity contribution in [3.63, 3.8) is 0 Å². The Balaban J connectivity index is 1.86. The molecule has 2 rings (SSSR count). The van der Waals surface area contributed by atoms with Crippen LogP contribution in [0.5, 0.6) is 5.75 Å². The SMILES string of the molecule is CCCOC1C(Br)CC1Oc1cnn(C)c1. The van der Waals surface area contributed by atoms with Crippen LogP contribution in [0.2, 0.25) is 0 Å². The van der Waals surface area contributed by atoms with Gasteiger partial charge in [-0.1, -0.05) is 22.9 Å². The zero-order valence-corrected chi connectivity index (χ0v) is 11.2. The highest BCUT2D eigenvalue weighted by Crippen LogP contribution is 2.34. The van der Waals surface area contributed by atoms with E-state index in [1.165, 1.54) is 0 Å². The summed E-state index contributed by atoms with van der Waals surface area (Å²) in [6.07, 6.45) is 5.95. The Kier molecular flexibility index (Phi) is 3.86. The number of nitrogens with zero attached hydrogens (tertiary/aromatic N) is 2. The number of rotatable bonds is 5. The van der Waals surface area contributed by atoms with Gasteiger partial charge in [-0.3, -0.25) is 4.68 Å². The van der Waals surface area contributed by atoms with Crippen molar-refractivity contribution in [3.8, 4) is 5.75 Å². The summed E-state index contributed by atoms with van der Waals surface area (Å²) in [5.41, 5.74) is 0. The molecule has 0 N–H and O–H groups in total. The number of ether oxygens (including phenoxy) is 2. The highest BCUT2D eigenvalue weighted by atomic mass is 79.9. The van der Waals surface area contributed by atoms with Crippen molar-refractivity contribution in [2.75, 3.05) is 6.61 Å². The standard InChI is InChI=1S/C11H17BrN2O2/c1-3-4-15-11-9(12)5-10(11)16-8-6-13-14(2)7-8/h6-7,9-11H,3-5H2,1-2H3. The molecule has 1 aliphatic carbocycles. The van der Waals surface area contributed by atoms with E-state index in [0.29, 0.717) is 4.83 Å². The topological polar surface area (TPSA) is 36.3 Å². The maximum Gasteiger partial charge on any atom is 0.157 e. The predicted octanol–water partition coefficient (Wildman–Crippen LogP) is 2.13. The minimum atomic E-state index is 0.153. The second kappa shape index (κ2) is 5.19. The van der Waals surface area contributed by atoms with Crippen molar-refractivity contribution in [1.29, 1.82) is 0 Å². The molecular formula is C11H17BrN2O2. The largest absolute Gasteiger partial charge is 0.484 e. The van der Waals surface area contributed by atoms with E-state index in [0.717, 1.165) is 25.2 Å². The lowest BCUT2D eigenvalue weighted by molar-refractivity contribution is -0.0762. The van der Waals surface area contributed by atoms with E-state index in [2.05, 4.69) is 28.0 Å². The van der Waals surface area contributed by atoms with Gasteiger partial charge in [0.15, 0.2) is 5.75 Å². The van der Waals surface area contributed by atoms with Crippen LogP contribution in [0, 0.1) is 0 Å². The Hall–Kier alpha value is -0.550. The first-order valence-corrected chi connectivity index (χ1v) is 6.53. The molecular weight excluding hydrogens is 272 g/mol. The number of alkyl halides is 1. The first-order valence-electron chi connectivity index (χ1n) is 5.61. The van der Waals surface area contributed by atoms with E-state index < -0.39 is 0 Å². The average Bonchev–Trinajstić information content (AvgIpc) is 2.64. The van der Waals surface area contributed by atoms with E-state index in [1.807, 2.05) is 13.2 Å². The molecule has 0 amide bonds. The molecule has 1 aromatic heterocycles. The fraction of sp³-hybridized carbons (Fsp3) is 0.727. The summed E-state index contributed by atoms with van der Waals surface area (Å²) in [5, 5.41) is 4.07. The molecule has 1 aromatic rings. The molecule has 3 atom stereocenters. The number of aromatic nitrogens is 2. The van der Waals surface area contributed by atoms with Crippen LogP contribution >= 0.6 is 15.9 Å². The van der Waals surface area contributed by atoms with Gasteiger partial charge in [-0.2, -0.15) is 5.10 Å². The summed E-state index contributed by atoms with van der Waals surface area (Å²) in [4.78, 5) is 0.417. The molecule has 1 fully saturated rings. The zero-order chi connectivity index (χ0) is 11.5. The number of hydrogen-bond acceptors (Lipinski definition) is 3. The van der Waals surface area contributed by atoms with Crippen molar-refractivity contribution in [3.05, 3.63) is 12.4 Å². The molecule has 3 unspecified atom stereocenters. The Morgan fingerprint density at radius 2 is 2.44 bits per heavy atom. The van der Waals surface area contributed by atoms with Crippen molar-refractivity contribution in [2.45, 2.75) is 36.8 Å². The van der Waals surface area contributed by atoms with Gasteiger partial charge < -0.3 is 9.47 Å². The van der Waals surface area contributed by atoms with Crippen molar-refractivity contribution < 1.29 is 9.47 Å². The number of halogens is 1. The van der Waals surface area contributed by atoms with Gasteiger partial charge in [-0.15, -0.1) is 0 Å². The summed E-state index contributed by atoms with van der Waals surface area (Å²) < 4.78 is 13.3. The fourth-order valence-corrected chi connectivity index (χ4v) is 2.60. The minimum absolute atomic E-state index is 0.153. The molecule has 16 heavy (non-hydrogen) atoms. The Bertz CT molecular complexity index is 342. The fourth-order valence-electron chi connectivity index (χ4n) is 1.74. The summed E-state index contributed by atoms with van der Waals surface area (Å²) in [6, 6.07) is 0. The van der Waals surface area contributed by atoms with Crippen LogP contribution in [0.4, 0.5) is 0 Å². The van der Waals surface area contributed by atoms with Gasteiger partial charge >= 0.3 is 0 Å². The van der Waals surface area contributed by atoms with E-state index in [9.17, 15) is 0 Å². The van der Waals surface area contributed by atoms with E-state index in [4.69, 9.17) is 9.47 Å². The van der Waals surface area contributed by atoms with Crippen LogP contribution in [-0.4, -0.2) is 33.4 Å². The van der Waals surface area contributed by atoms with Gasteiger partial charge in [0.1, 0.15) is 12.2 Å². The smallest absolute Gasteiger partial charge is 0.157 e. The van der Waals surface area contributed by atoms with Crippen molar-refractivity contribution in [1.82, 2.24) is 9.78 Å². The molecule has 0 bridgehead atoms. The Morgan fingerprint density at radius 3 is 3.00 bits per heavy atom. The van der Waals surface area contributed by atoms with E-state index >= 15 is 0 Å². The molecule has 0 aliphatic heterocycles. The third kappa shape index (κ3) is 2.58. The lowest BCUT2D eigenvalue weighted by Crippen LogP contribution is -2.52. The van der Waals surface area contributed by atoms with Crippen LogP contribution in [0.3, 0.4) is 0 Å². The average molecular weight is 289 g/mol. The second-order valence-electron chi connectivity index (χ2n) is 4.09. The molecule has 5 heteroatoms. The zero-order valence-electron chi connectivity index (χ0n) is 9.60. The lowest BCUT2D eigenvalue weighted by atomic mass is 9.91. The van der Waals surface area contributed by atoms with Crippen LogP contribution in [0.1, 0.15) is 19.8 Å². The van der Waals surface area contributed by atoms with Gasteiger partial charge in [0.25, 0.3) is 0 Å². The lowest BCUT2D eigenvalue weighted by Gasteiger charge is -2.40. The minimum Gasteiger partial charge on any atom is -0.484 e. The molecule has 90 valence electrons. The van der Waals surface area contributed by atoms with Crippen molar-refractivity contribution in [2.24, 2.45) is 7.05 Å². The van der Waals surface area contributed by atoms with Crippen molar-refractivity contribution >= 4 is 15.9 Å². The van der Waals surface area contributed by atoms with Crippen LogP contribution in [0.25, 0.3) is 0 Å².